The lowest BCUT2D eigenvalue weighted by atomic mass is 9.93. The van der Waals surface area contributed by atoms with Crippen molar-refractivity contribution >= 4 is 0 Å². The fraction of sp³-hybridized carbons (Fsp3) is 0.517. The number of halogens is 3. The molecule has 198 valence electrons. The smallest absolute Gasteiger partial charge is 0.416 e. The highest BCUT2D eigenvalue weighted by atomic mass is 19.4. The topological polar surface area (TPSA) is 54.0 Å². The number of rotatable bonds is 9. The number of H-pyrrole nitrogens is 1. The third-order valence-corrected chi connectivity index (χ3v) is 7.62. The van der Waals surface area contributed by atoms with Gasteiger partial charge in [0.2, 0.25) is 5.88 Å². The number of aryl methyl sites for hydroxylation is 1. The molecule has 3 heterocycles. The summed E-state index contributed by atoms with van der Waals surface area (Å²) in [5, 5.41) is 0. The molecule has 1 aliphatic heterocycles. The van der Waals surface area contributed by atoms with Gasteiger partial charge in [-0.05, 0) is 102 Å². The molecule has 1 N–H and O–H groups in total. The summed E-state index contributed by atoms with van der Waals surface area (Å²) in [5.41, 5.74) is 3.06. The van der Waals surface area contributed by atoms with Crippen molar-refractivity contribution in [3.05, 3.63) is 53.3 Å². The second-order valence-corrected chi connectivity index (χ2v) is 10.7. The molecule has 0 bridgehead atoms. The van der Waals surface area contributed by atoms with Gasteiger partial charge in [0.1, 0.15) is 5.82 Å². The van der Waals surface area contributed by atoms with Gasteiger partial charge in [-0.15, -0.1) is 0 Å². The third-order valence-electron chi connectivity index (χ3n) is 7.62. The Hall–Kier alpha value is -2.87. The number of nitrogens with one attached hydrogen (secondary N) is 1. The van der Waals surface area contributed by atoms with E-state index in [9.17, 15) is 13.2 Å². The Morgan fingerprint density at radius 1 is 1.08 bits per heavy atom. The molecule has 3 aromatic rings. The Kier molecular flexibility index (Phi) is 7.56. The van der Waals surface area contributed by atoms with Crippen LogP contribution in [0, 0.1) is 18.8 Å². The lowest BCUT2D eigenvalue weighted by molar-refractivity contribution is -0.137. The number of pyridine rings is 1. The van der Waals surface area contributed by atoms with Gasteiger partial charge in [-0.25, -0.2) is 9.97 Å². The molecule has 1 saturated carbocycles. The second kappa shape index (κ2) is 10.9. The first-order valence-electron chi connectivity index (χ1n) is 13.3. The highest BCUT2D eigenvalue weighted by molar-refractivity contribution is 5.69. The molecule has 0 amide bonds. The predicted molar refractivity (Wildman–Crippen MR) is 138 cm³/mol. The number of aromatic amines is 1. The van der Waals surface area contributed by atoms with Gasteiger partial charge < -0.3 is 14.6 Å². The molecule has 0 atom stereocenters. The van der Waals surface area contributed by atoms with E-state index in [0.717, 1.165) is 54.5 Å². The molecule has 37 heavy (non-hydrogen) atoms. The van der Waals surface area contributed by atoms with E-state index < -0.39 is 11.7 Å². The molecule has 5 rings (SSSR count). The number of benzene rings is 1. The molecular formula is C29H35F3N4O. The number of piperidine rings is 1. The lowest BCUT2D eigenvalue weighted by Crippen LogP contribution is -2.30. The van der Waals surface area contributed by atoms with E-state index in [1.54, 1.807) is 12.3 Å². The number of alkyl halides is 3. The van der Waals surface area contributed by atoms with Gasteiger partial charge in [0.05, 0.1) is 17.9 Å². The first-order chi connectivity index (χ1) is 17.8. The van der Waals surface area contributed by atoms with Crippen LogP contribution in [0.4, 0.5) is 13.2 Å². The van der Waals surface area contributed by atoms with E-state index >= 15 is 0 Å². The van der Waals surface area contributed by atoms with Gasteiger partial charge in [-0.2, -0.15) is 13.2 Å². The van der Waals surface area contributed by atoms with E-state index in [1.807, 2.05) is 13.0 Å². The predicted octanol–water partition coefficient (Wildman–Crippen LogP) is 6.92. The van der Waals surface area contributed by atoms with Crippen LogP contribution in [0.5, 0.6) is 5.88 Å². The molecule has 2 fully saturated rings. The van der Waals surface area contributed by atoms with Crippen LogP contribution >= 0.6 is 0 Å². The van der Waals surface area contributed by atoms with Crippen LogP contribution < -0.4 is 4.74 Å². The van der Waals surface area contributed by atoms with E-state index in [1.165, 1.54) is 44.5 Å². The summed E-state index contributed by atoms with van der Waals surface area (Å²) in [7, 11) is 2.18. The van der Waals surface area contributed by atoms with Crippen molar-refractivity contribution < 1.29 is 17.9 Å². The van der Waals surface area contributed by atoms with Crippen molar-refractivity contribution in [2.75, 3.05) is 26.7 Å². The molecule has 2 aromatic heterocycles. The van der Waals surface area contributed by atoms with Crippen LogP contribution in [-0.2, 0) is 12.6 Å². The Labute approximate surface area is 216 Å². The third kappa shape index (κ3) is 6.53. The van der Waals surface area contributed by atoms with E-state index in [4.69, 9.17) is 9.72 Å². The Morgan fingerprint density at radius 2 is 1.86 bits per heavy atom. The largest absolute Gasteiger partial charge is 0.478 e. The number of nitrogens with zero attached hydrogens (tertiary/aromatic N) is 3. The molecule has 0 radical (unpaired) electrons. The highest BCUT2D eigenvalue weighted by Crippen LogP contribution is 2.38. The minimum atomic E-state index is -4.39. The monoisotopic (exact) mass is 512 g/mol. The number of hydrogen-bond donors (Lipinski definition) is 1. The molecule has 1 aromatic carbocycles. The molecule has 2 aliphatic rings. The van der Waals surface area contributed by atoms with Gasteiger partial charge in [-0.3, -0.25) is 0 Å². The molecule has 5 nitrogen and oxygen atoms in total. The lowest BCUT2D eigenvalue weighted by Gasteiger charge is -2.28. The van der Waals surface area contributed by atoms with Gasteiger partial charge in [0.25, 0.3) is 0 Å². The van der Waals surface area contributed by atoms with Crippen molar-refractivity contribution in [1.82, 2.24) is 19.9 Å². The Balaban J connectivity index is 1.29. The van der Waals surface area contributed by atoms with Crippen LogP contribution in [0.2, 0.25) is 0 Å². The molecule has 8 heteroatoms. The van der Waals surface area contributed by atoms with Gasteiger partial charge in [0, 0.05) is 29.1 Å². The van der Waals surface area contributed by atoms with Crippen molar-refractivity contribution in [3.8, 4) is 28.5 Å². The number of ether oxygens (including phenoxy) is 1. The molecule has 0 unspecified atom stereocenters. The van der Waals surface area contributed by atoms with E-state index in [0.29, 0.717) is 35.5 Å². The van der Waals surface area contributed by atoms with Gasteiger partial charge in [0.15, 0.2) is 0 Å². The van der Waals surface area contributed by atoms with Crippen LogP contribution in [0.15, 0.2) is 36.5 Å². The minimum absolute atomic E-state index is 0.475. The molecule has 0 spiro atoms. The standard InChI is InChI=1S/C29H35F3N4O/c1-19-15-26(37-14-4-5-20-10-12-36(2)13-11-20)33-18-24(19)28-34-25(16-21-8-9-21)27(35-28)22-6-3-7-23(17-22)29(30,31)32/h3,6-7,15,17-18,20-21H,4-5,8-14,16H2,1-2H3,(H,34,35). The molecule has 1 saturated heterocycles. The van der Waals surface area contributed by atoms with Crippen LogP contribution in [0.25, 0.3) is 22.6 Å². The van der Waals surface area contributed by atoms with E-state index in [-0.39, 0.29) is 0 Å². The maximum Gasteiger partial charge on any atom is 0.416 e. The summed E-state index contributed by atoms with van der Waals surface area (Å²) in [6.45, 7) is 4.98. The number of imidazole rings is 1. The molecular weight excluding hydrogens is 477 g/mol. The zero-order chi connectivity index (χ0) is 26.0. The van der Waals surface area contributed by atoms with Gasteiger partial charge >= 0.3 is 6.18 Å². The quantitative estimate of drug-likeness (QED) is 0.316. The zero-order valence-corrected chi connectivity index (χ0v) is 21.6. The fourth-order valence-corrected chi connectivity index (χ4v) is 5.13. The fourth-order valence-electron chi connectivity index (χ4n) is 5.13. The summed E-state index contributed by atoms with van der Waals surface area (Å²) in [4.78, 5) is 15.1. The van der Waals surface area contributed by atoms with E-state index in [2.05, 4.69) is 21.9 Å². The number of aromatic nitrogens is 3. The average molecular weight is 513 g/mol. The van der Waals surface area contributed by atoms with Crippen molar-refractivity contribution in [2.45, 2.75) is 58.0 Å². The Bertz CT molecular complexity index is 1210. The van der Waals surface area contributed by atoms with Crippen molar-refractivity contribution in [1.29, 1.82) is 0 Å². The summed E-state index contributed by atoms with van der Waals surface area (Å²) in [5.74, 6) is 2.56. The Morgan fingerprint density at radius 3 is 2.57 bits per heavy atom. The van der Waals surface area contributed by atoms with Crippen LogP contribution in [0.1, 0.15) is 55.3 Å². The number of likely N-dealkylation sites (tertiary alicyclic amines) is 1. The molecule has 1 aliphatic carbocycles. The zero-order valence-electron chi connectivity index (χ0n) is 21.6. The van der Waals surface area contributed by atoms with Crippen molar-refractivity contribution in [2.24, 2.45) is 11.8 Å². The van der Waals surface area contributed by atoms with Gasteiger partial charge in [-0.1, -0.05) is 12.1 Å². The number of hydrogen-bond acceptors (Lipinski definition) is 4. The average Bonchev–Trinajstić information content (AvgIpc) is 3.59. The van der Waals surface area contributed by atoms with Crippen LogP contribution in [0.3, 0.4) is 0 Å². The summed E-state index contributed by atoms with van der Waals surface area (Å²) >= 11 is 0. The first kappa shape index (κ1) is 25.8. The first-order valence-corrected chi connectivity index (χ1v) is 13.3. The summed E-state index contributed by atoms with van der Waals surface area (Å²) in [6.07, 6.45) is 5.13. The normalized spacial score (nSPS) is 17.3. The SMILES string of the molecule is Cc1cc(OCCCC2CCN(C)CC2)ncc1-c1nc(-c2cccc(C(F)(F)F)c2)c(CC2CC2)[nH]1. The minimum Gasteiger partial charge on any atom is -0.478 e. The second-order valence-electron chi connectivity index (χ2n) is 10.7. The summed E-state index contributed by atoms with van der Waals surface area (Å²) in [6, 6.07) is 7.33. The highest BCUT2D eigenvalue weighted by Gasteiger charge is 2.31. The van der Waals surface area contributed by atoms with Crippen LogP contribution in [-0.4, -0.2) is 46.6 Å². The maximum atomic E-state index is 13.3. The van der Waals surface area contributed by atoms with Crippen molar-refractivity contribution in [3.63, 3.8) is 0 Å². The summed E-state index contributed by atoms with van der Waals surface area (Å²) < 4.78 is 45.9. The maximum absolute atomic E-state index is 13.3.